The molecule has 0 heterocycles. The fourth-order valence-corrected chi connectivity index (χ4v) is 4.47. The van der Waals surface area contributed by atoms with Crippen molar-refractivity contribution in [2.75, 3.05) is 7.11 Å². The molecule has 0 aliphatic heterocycles. The molecule has 0 amide bonds. The molecule has 0 aromatic heterocycles. The number of esters is 1. The van der Waals surface area contributed by atoms with Crippen molar-refractivity contribution in [3.8, 4) is 0 Å². The molecule has 0 saturated heterocycles. The number of carbonyl (C=O) groups excluding carboxylic acids is 1. The van der Waals surface area contributed by atoms with Gasteiger partial charge in [0.05, 0.1) is 19.3 Å². The minimum Gasteiger partial charge on any atom is -0.469 e. The van der Waals surface area contributed by atoms with Crippen LogP contribution in [0.5, 0.6) is 0 Å². The molecular weight excluding hydrogens is 328 g/mol. The number of aliphatic hydroxyl groups is 2. The monoisotopic (exact) mass is 364 g/mol. The number of fused-ring (bicyclic) bond motifs is 1. The number of allylic oxidation sites excluding steroid dienone is 2. The molecule has 2 rings (SSSR count). The van der Waals surface area contributed by atoms with Gasteiger partial charge in [0.1, 0.15) is 0 Å². The highest BCUT2D eigenvalue weighted by Gasteiger charge is 2.43. The highest BCUT2D eigenvalue weighted by Crippen LogP contribution is 2.48. The van der Waals surface area contributed by atoms with Gasteiger partial charge in [0.15, 0.2) is 0 Å². The number of aliphatic hydroxyl groups excluding tert-OH is 2. The van der Waals surface area contributed by atoms with Gasteiger partial charge in [-0.05, 0) is 50.4 Å². The average molecular weight is 365 g/mol. The molecule has 2 aliphatic rings. The van der Waals surface area contributed by atoms with E-state index in [9.17, 15) is 15.0 Å². The molecule has 2 N–H and O–H groups in total. The van der Waals surface area contributed by atoms with E-state index in [0.29, 0.717) is 18.3 Å². The Kier molecular flexibility index (Phi) is 8.86. The van der Waals surface area contributed by atoms with E-state index in [0.717, 1.165) is 57.8 Å². The minimum atomic E-state index is -0.389. The van der Waals surface area contributed by atoms with Crippen LogP contribution in [0.4, 0.5) is 0 Å². The normalized spacial score (nSPS) is 29.0. The molecule has 5 atom stereocenters. The zero-order chi connectivity index (χ0) is 18.9. The quantitative estimate of drug-likeness (QED) is 0.328. The second-order valence-corrected chi connectivity index (χ2v) is 7.97. The lowest BCUT2D eigenvalue weighted by atomic mass is 9.88. The molecular formula is C22H36O4. The predicted octanol–water partition coefficient (Wildman–Crippen LogP) is 4.16. The summed E-state index contributed by atoms with van der Waals surface area (Å²) in [5.41, 5.74) is 1.47. The zero-order valence-corrected chi connectivity index (χ0v) is 16.4. The van der Waals surface area contributed by atoms with Gasteiger partial charge in [-0.2, -0.15) is 0 Å². The number of hydrogen-bond acceptors (Lipinski definition) is 4. The van der Waals surface area contributed by atoms with Crippen molar-refractivity contribution in [2.45, 2.75) is 83.3 Å². The third-order valence-electron chi connectivity index (χ3n) is 5.97. The van der Waals surface area contributed by atoms with Gasteiger partial charge in [-0.15, -0.1) is 0 Å². The molecule has 26 heavy (non-hydrogen) atoms. The summed E-state index contributed by atoms with van der Waals surface area (Å²) < 4.78 is 4.68. The molecule has 0 bridgehead atoms. The van der Waals surface area contributed by atoms with E-state index in [1.54, 1.807) is 0 Å². The fourth-order valence-electron chi connectivity index (χ4n) is 4.47. The van der Waals surface area contributed by atoms with Gasteiger partial charge in [0, 0.05) is 12.3 Å². The van der Waals surface area contributed by atoms with Crippen LogP contribution in [0.25, 0.3) is 0 Å². The van der Waals surface area contributed by atoms with E-state index in [1.807, 2.05) is 6.08 Å². The van der Waals surface area contributed by atoms with Crippen molar-refractivity contribution in [1.29, 1.82) is 0 Å². The van der Waals surface area contributed by atoms with Crippen LogP contribution in [-0.4, -0.2) is 35.5 Å². The molecule has 0 unspecified atom stereocenters. The first-order chi connectivity index (χ1) is 12.5. The lowest BCUT2D eigenvalue weighted by Gasteiger charge is -2.19. The van der Waals surface area contributed by atoms with E-state index >= 15 is 0 Å². The van der Waals surface area contributed by atoms with E-state index in [2.05, 4.69) is 23.8 Å². The SMILES string of the molecule is CCCCC[C@H](O)C=C[C@@H]1[C@H]2CC(CCCCC(=O)OC)=C[C@H]2C[C@H]1O. The summed E-state index contributed by atoms with van der Waals surface area (Å²) in [5.74, 6) is 0.963. The van der Waals surface area contributed by atoms with Gasteiger partial charge in [0.2, 0.25) is 0 Å². The lowest BCUT2D eigenvalue weighted by molar-refractivity contribution is -0.140. The van der Waals surface area contributed by atoms with Crippen molar-refractivity contribution >= 4 is 5.97 Å². The second kappa shape index (κ2) is 10.9. The van der Waals surface area contributed by atoms with Crippen LogP contribution in [0.1, 0.15) is 71.1 Å². The Morgan fingerprint density at radius 1 is 1.35 bits per heavy atom. The first-order valence-corrected chi connectivity index (χ1v) is 10.4. The van der Waals surface area contributed by atoms with Crippen molar-refractivity contribution in [2.24, 2.45) is 17.8 Å². The summed E-state index contributed by atoms with van der Waals surface area (Å²) in [4.78, 5) is 11.2. The van der Waals surface area contributed by atoms with Crippen LogP contribution in [0.15, 0.2) is 23.8 Å². The van der Waals surface area contributed by atoms with Crippen LogP contribution in [-0.2, 0) is 9.53 Å². The van der Waals surface area contributed by atoms with Crippen molar-refractivity contribution in [1.82, 2.24) is 0 Å². The Labute approximate surface area is 158 Å². The highest BCUT2D eigenvalue weighted by molar-refractivity contribution is 5.68. The first kappa shape index (κ1) is 21.2. The summed E-state index contributed by atoms with van der Waals surface area (Å²) >= 11 is 0. The van der Waals surface area contributed by atoms with E-state index in [-0.39, 0.29) is 24.1 Å². The topological polar surface area (TPSA) is 66.8 Å². The van der Waals surface area contributed by atoms with Crippen LogP contribution in [0.3, 0.4) is 0 Å². The molecule has 1 fully saturated rings. The van der Waals surface area contributed by atoms with Crippen molar-refractivity contribution in [3.63, 3.8) is 0 Å². The smallest absolute Gasteiger partial charge is 0.305 e. The molecule has 4 nitrogen and oxygen atoms in total. The second-order valence-electron chi connectivity index (χ2n) is 7.97. The molecule has 2 aliphatic carbocycles. The maximum Gasteiger partial charge on any atom is 0.305 e. The van der Waals surface area contributed by atoms with Gasteiger partial charge >= 0.3 is 5.97 Å². The Hall–Kier alpha value is -1.13. The molecule has 0 spiro atoms. The number of ether oxygens (including phenoxy) is 1. The molecule has 1 saturated carbocycles. The maximum absolute atomic E-state index is 11.2. The number of hydrogen-bond donors (Lipinski definition) is 2. The summed E-state index contributed by atoms with van der Waals surface area (Å²) in [5, 5.41) is 20.5. The van der Waals surface area contributed by atoms with Gasteiger partial charge in [-0.3, -0.25) is 4.79 Å². The predicted molar refractivity (Wildman–Crippen MR) is 104 cm³/mol. The Morgan fingerprint density at radius 3 is 2.88 bits per heavy atom. The van der Waals surface area contributed by atoms with Gasteiger partial charge in [-0.1, -0.05) is 50.0 Å². The first-order valence-electron chi connectivity index (χ1n) is 10.4. The summed E-state index contributed by atoms with van der Waals surface area (Å²) in [6.45, 7) is 2.16. The van der Waals surface area contributed by atoms with Crippen LogP contribution < -0.4 is 0 Å². The molecule has 4 heteroatoms. The van der Waals surface area contributed by atoms with E-state index in [4.69, 9.17) is 0 Å². The lowest BCUT2D eigenvalue weighted by Crippen LogP contribution is -2.18. The zero-order valence-electron chi connectivity index (χ0n) is 16.4. The Balaban J connectivity index is 1.76. The largest absolute Gasteiger partial charge is 0.469 e. The number of methoxy groups -OCH3 is 1. The van der Waals surface area contributed by atoms with Crippen LogP contribution in [0, 0.1) is 17.8 Å². The van der Waals surface area contributed by atoms with Gasteiger partial charge in [-0.25, -0.2) is 0 Å². The third kappa shape index (κ3) is 6.24. The molecule has 148 valence electrons. The van der Waals surface area contributed by atoms with Crippen molar-refractivity contribution in [3.05, 3.63) is 23.8 Å². The number of unbranched alkanes of at least 4 members (excludes halogenated alkanes) is 3. The summed E-state index contributed by atoms with van der Waals surface area (Å²) in [7, 11) is 1.43. The molecule has 0 aromatic rings. The third-order valence-corrected chi connectivity index (χ3v) is 5.97. The van der Waals surface area contributed by atoms with Gasteiger partial charge < -0.3 is 14.9 Å². The Bertz CT molecular complexity index is 496. The minimum absolute atomic E-state index is 0.131. The number of rotatable bonds is 11. The highest BCUT2D eigenvalue weighted by atomic mass is 16.5. The van der Waals surface area contributed by atoms with E-state index in [1.165, 1.54) is 12.7 Å². The Morgan fingerprint density at radius 2 is 2.15 bits per heavy atom. The summed E-state index contributed by atoms with van der Waals surface area (Å²) in [6.07, 6.45) is 15.1. The van der Waals surface area contributed by atoms with Crippen molar-refractivity contribution < 1.29 is 19.7 Å². The maximum atomic E-state index is 11.2. The van der Waals surface area contributed by atoms with E-state index < -0.39 is 0 Å². The summed E-state index contributed by atoms with van der Waals surface area (Å²) in [6, 6.07) is 0. The average Bonchev–Trinajstić information content (AvgIpc) is 3.13. The standard InChI is InChI=1S/C22H36O4/c1-3-4-5-9-18(23)11-12-19-20-14-16(13-17(20)15-21(19)24)8-6-7-10-22(25)26-2/h11-13,17-21,23-24H,3-10,14-15H2,1-2H3/t17-,18-,19+,20-,21+/m0/s1. The van der Waals surface area contributed by atoms with Crippen LogP contribution >= 0.6 is 0 Å². The fraction of sp³-hybridized carbons (Fsp3) is 0.773. The molecule has 0 aromatic carbocycles. The van der Waals surface area contributed by atoms with Gasteiger partial charge in [0.25, 0.3) is 0 Å². The van der Waals surface area contributed by atoms with Crippen LogP contribution in [0.2, 0.25) is 0 Å². The number of carbonyl (C=O) groups is 1. The molecule has 0 radical (unpaired) electrons.